The Morgan fingerprint density at radius 1 is 1.19 bits per heavy atom. The Labute approximate surface area is 125 Å². The molecule has 1 unspecified atom stereocenters. The molecule has 3 rings (SSSR count). The van der Waals surface area contributed by atoms with Crippen molar-refractivity contribution < 1.29 is 9.84 Å². The molecule has 1 N–H and O–H groups in total. The summed E-state index contributed by atoms with van der Waals surface area (Å²) in [5.74, 6) is 1.04. The van der Waals surface area contributed by atoms with Crippen LogP contribution in [-0.2, 0) is 6.42 Å². The Morgan fingerprint density at radius 2 is 2.00 bits per heavy atom. The van der Waals surface area contributed by atoms with Crippen LogP contribution in [0.5, 0.6) is 11.5 Å². The second-order valence-corrected chi connectivity index (χ2v) is 5.53. The van der Waals surface area contributed by atoms with Crippen molar-refractivity contribution >= 4 is 5.69 Å². The molecule has 2 aromatic carbocycles. The minimum Gasteiger partial charge on any atom is -0.508 e. The molecule has 0 fully saturated rings. The number of ether oxygens (including phenoxy) is 1. The Morgan fingerprint density at radius 3 is 2.76 bits per heavy atom. The SMILES string of the molecule is CCCN1CC(Cc2ccccc2)Oc2cc(O)ccc21. The Hall–Kier alpha value is -2.16. The topological polar surface area (TPSA) is 32.7 Å². The van der Waals surface area contributed by atoms with Gasteiger partial charge in [-0.05, 0) is 24.1 Å². The highest BCUT2D eigenvalue weighted by Gasteiger charge is 2.25. The summed E-state index contributed by atoms with van der Waals surface area (Å²) < 4.78 is 6.09. The van der Waals surface area contributed by atoms with Crippen LogP contribution in [0.2, 0.25) is 0 Å². The number of aromatic hydroxyl groups is 1. The van der Waals surface area contributed by atoms with Crippen LogP contribution in [0.3, 0.4) is 0 Å². The van der Waals surface area contributed by atoms with Gasteiger partial charge < -0.3 is 14.7 Å². The lowest BCUT2D eigenvalue weighted by molar-refractivity contribution is 0.193. The molecule has 0 aromatic heterocycles. The fourth-order valence-corrected chi connectivity index (χ4v) is 2.88. The van der Waals surface area contributed by atoms with Gasteiger partial charge in [-0.3, -0.25) is 0 Å². The highest BCUT2D eigenvalue weighted by molar-refractivity contribution is 5.62. The first-order chi connectivity index (χ1) is 10.3. The summed E-state index contributed by atoms with van der Waals surface area (Å²) in [7, 11) is 0. The van der Waals surface area contributed by atoms with Crippen molar-refractivity contribution in [3.8, 4) is 11.5 Å². The number of nitrogens with zero attached hydrogens (tertiary/aromatic N) is 1. The van der Waals surface area contributed by atoms with E-state index in [0.717, 1.165) is 37.4 Å². The van der Waals surface area contributed by atoms with E-state index >= 15 is 0 Å². The maximum atomic E-state index is 9.68. The molecular weight excluding hydrogens is 262 g/mol. The molecule has 21 heavy (non-hydrogen) atoms. The summed E-state index contributed by atoms with van der Waals surface area (Å²) in [5, 5.41) is 9.68. The van der Waals surface area contributed by atoms with Gasteiger partial charge in [0.25, 0.3) is 0 Å². The van der Waals surface area contributed by atoms with Crippen LogP contribution < -0.4 is 9.64 Å². The van der Waals surface area contributed by atoms with Crippen LogP contribution >= 0.6 is 0 Å². The predicted molar refractivity (Wildman–Crippen MR) is 85.2 cm³/mol. The maximum Gasteiger partial charge on any atom is 0.146 e. The van der Waals surface area contributed by atoms with Crippen molar-refractivity contribution in [1.29, 1.82) is 0 Å². The number of fused-ring (bicyclic) bond motifs is 1. The van der Waals surface area contributed by atoms with Crippen molar-refractivity contribution in [3.63, 3.8) is 0 Å². The Kier molecular flexibility index (Phi) is 4.00. The molecule has 3 nitrogen and oxygen atoms in total. The zero-order valence-corrected chi connectivity index (χ0v) is 12.3. The highest BCUT2D eigenvalue weighted by Crippen LogP contribution is 2.36. The normalized spacial score (nSPS) is 17.2. The first-order valence-corrected chi connectivity index (χ1v) is 7.55. The summed E-state index contributed by atoms with van der Waals surface area (Å²) in [6.45, 7) is 4.08. The van der Waals surface area contributed by atoms with Gasteiger partial charge in [-0.1, -0.05) is 37.3 Å². The van der Waals surface area contributed by atoms with Gasteiger partial charge in [0, 0.05) is 19.0 Å². The predicted octanol–water partition coefficient (Wildman–Crippen LogP) is 3.61. The molecule has 0 spiro atoms. The molecule has 0 aliphatic carbocycles. The molecule has 1 aliphatic heterocycles. The number of rotatable bonds is 4. The molecule has 1 atom stereocenters. The number of benzene rings is 2. The molecule has 0 bridgehead atoms. The summed E-state index contributed by atoms with van der Waals surface area (Å²) >= 11 is 0. The number of hydrogen-bond acceptors (Lipinski definition) is 3. The van der Waals surface area contributed by atoms with Gasteiger partial charge in [0.1, 0.15) is 17.6 Å². The molecule has 110 valence electrons. The van der Waals surface area contributed by atoms with E-state index in [9.17, 15) is 5.11 Å². The first-order valence-electron chi connectivity index (χ1n) is 7.55. The summed E-state index contributed by atoms with van der Waals surface area (Å²) in [5.41, 5.74) is 2.36. The number of phenols is 1. The minimum absolute atomic E-state index is 0.119. The largest absolute Gasteiger partial charge is 0.508 e. The van der Waals surface area contributed by atoms with E-state index in [2.05, 4.69) is 36.1 Å². The molecule has 0 amide bonds. The molecule has 1 aliphatic rings. The lowest BCUT2D eigenvalue weighted by atomic mass is 10.1. The number of phenolic OH excluding ortho intramolecular Hbond substituents is 1. The average Bonchev–Trinajstić information content (AvgIpc) is 2.48. The van der Waals surface area contributed by atoms with Gasteiger partial charge in [-0.15, -0.1) is 0 Å². The zero-order valence-electron chi connectivity index (χ0n) is 12.3. The minimum atomic E-state index is 0.119. The standard InChI is InChI=1S/C18H21NO2/c1-2-10-19-13-16(11-14-6-4-3-5-7-14)21-18-12-15(20)8-9-17(18)19/h3-9,12,16,20H,2,10-11,13H2,1H3. The lowest BCUT2D eigenvalue weighted by Crippen LogP contribution is -2.41. The van der Waals surface area contributed by atoms with Gasteiger partial charge >= 0.3 is 0 Å². The summed E-state index contributed by atoms with van der Waals surface area (Å²) in [6.07, 6.45) is 2.10. The quantitative estimate of drug-likeness (QED) is 0.930. The van der Waals surface area contributed by atoms with Gasteiger partial charge in [0.2, 0.25) is 0 Å². The Balaban J connectivity index is 1.82. The van der Waals surface area contributed by atoms with Gasteiger partial charge in [-0.2, -0.15) is 0 Å². The molecule has 0 saturated heterocycles. The number of hydrogen-bond donors (Lipinski definition) is 1. The fraction of sp³-hybridized carbons (Fsp3) is 0.333. The van der Waals surface area contributed by atoms with E-state index in [0.29, 0.717) is 0 Å². The molecule has 1 heterocycles. The second-order valence-electron chi connectivity index (χ2n) is 5.53. The van der Waals surface area contributed by atoms with Crippen molar-refractivity contribution in [2.24, 2.45) is 0 Å². The third kappa shape index (κ3) is 3.13. The molecular formula is C18H21NO2. The van der Waals surface area contributed by atoms with Gasteiger partial charge in [0.15, 0.2) is 0 Å². The smallest absolute Gasteiger partial charge is 0.146 e. The van der Waals surface area contributed by atoms with Crippen LogP contribution in [-0.4, -0.2) is 24.3 Å². The maximum absolute atomic E-state index is 9.68. The van der Waals surface area contributed by atoms with Crippen molar-refractivity contribution in [2.75, 3.05) is 18.0 Å². The number of anilines is 1. The summed E-state index contributed by atoms with van der Waals surface area (Å²) in [6, 6.07) is 15.8. The van der Waals surface area contributed by atoms with E-state index < -0.39 is 0 Å². The highest BCUT2D eigenvalue weighted by atomic mass is 16.5. The van der Waals surface area contributed by atoms with Crippen molar-refractivity contribution in [1.82, 2.24) is 0 Å². The molecule has 2 aromatic rings. The zero-order chi connectivity index (χ0) is 14.7. The lowest BCUT2D eigenvalue weighted by Gasteiger charge is -2.36. The van der Waals surface area contributed by atoms with Gasteiger partial charge in [-0.25, -0.2) is 0 Å². The van der Waals surface area contributed by atoms with Gasteiger partial charge in [0.05, 0.1) is 12.2 Å². The van der Waals surface area contributed by atoms with Crippen LogP contribution in [0.15, 0.2) is 48.5 Å². The molecule has 0 saturated carbocycles. The summed E-state index contributed by atoms with van der Waals surface area (Å²) in [4.78, 5) is 2.35. The first kappa shape index (κ1) is 13.8. The fourth-order valence-electron chi connectivity index (χ4n) is 2.88. The van der Waals surface area contributed by atoms with Crippen LogP contribution in [0.1, 0.15) is 18.9 Å². The second kappa shape index (κ2) is 6.08. The van der Waals surface area contributed by atoms with E-state index in [1.807, 2.05) is 12.1 Å². The van der Waals surface area contributed by atoms with E-state index in [4.69, 9.17) is 4.74 Å². The average molecular weight is 283 g/mol. The van der Waals surface area contributed by atoms with Crippen molar-refractivity contribution in [2.45, 2.75) is 25.9 Å². The van der Waals surface area contributed by atoms with E-state index in [1.54, 1.807) is 12.1 Å². The monoisotopic (exact) mass is 283 g/mol. The molecule has 0 radical (unpaired) electrons. The van der Waals surface area contributed by atoms with Crippen LogP contribution in [0.4, 0.5) is 5.69 Å². The third-order valence-corrected chi connectivity index (χ3v) is 3.80. The van der Waals surface area contributed by atoms with Crippen LogP contribution in [0, 0.1) is 0 Å². The Bertz CT molecular complexity index is 597. The molecule has 3 heteroatoms. The van der Waals surface area contributed by atoms with Crippen molar-refractivity contribution in [3.05, 3.63) is 54.1 Å². The third-order valence-electron chi connectivity index (χ3n) is 3.80. The van der Waals surface area contributed by atoms with E-state index in [1.165, 1.54) is 5.56 Å². The van der Waals surface area contributed by atoms with Crippen LogP contribution in [0.25, 0.3) is 0 Å². The van der Waals surface area contributed by atoms with E-state index in [-0.39, 0.29) is 11.9 Å².